The first kappa shape index (κ1) is 22.0. The highest BCUT2D eigenvalue weighted by Crippen LogP contribution is 2.30. The molecule has 0 aliphatic carbocycles. The zero-order valence-electron chi connectivity index (χ0n) is 18.1. The summed E-state index contributed by atoms with van der Waals surface area (Å²) in [5.74, 6) is 0.510. The highest BCUT2D eigenvalue weighted by atomic mass is 16.3. The fraction of sp³-hybridized carbons (Fsp3) is 0.500. The Labute approximate surface area is 177 Å². The number of nitrogens with one attached hydrogen (secondary N) is 1. The Bertz CT molecular complexity index is 922. The minimum atomic E-state index is -1.01. The van der Waals surface area contributed by atoms with Gasteiger partial charge in [-0.25, -0.2) is 4.98 Å². The summed E-state index contributed by atoms with van der Waals surface area (Å²) in [6, 6.07) is 5.91. The molecule has 0 saturated carbocycles. The molecule has 1 atom stereocenters. The Morgan fingerprint density at radius 1 is 1.33 bits per heavy atom. The number of hydrogen-bond acceptors (Lipinski definition) is 7. The van der Waals surface area contributed by atoms with Crippen LogP contribution in [-0.2, 0) is 5.60 Å². The monoisotopic (exact) mass is 412 g/mol. The van der Waals surface area contributed by atoms with Crippen molar-refractivity contribution in [2.45, 2.75) is 58.1 Å². The number of piperidine rings is 1. The van der Waals surface area contributed by atoms with Crippen LogP contribution in [0.25, 0.3) is 0 Å². The number of rotatable bonds is 6. The van der Waals surface area contributed by atoms with E-state index in [-0.39, 0.29) is 17.5 Å². The molecule has 6 N–H and O–H groups in total. The van der Waals surface area contributed by atoms with Crippen LogP contribution in [0, 0.1) is 0 Å². The number of carbonyl (C=O) groups excluding carboxylic acids is 1. The average Bonchev–Trinajstić information content (AvgIpc) is 2.66. The van der Waals surface area contributed by atoms with E-state index in [1.807, 2.05) is 23.1 Å². The van der Waals surface area contributed by atoms with Crippen LogP contribution in [0.1, 0.15) is 67.9 Å². The number of carbonyl (C=O) groups is 1. The molecule has 1 aliphatic rings. The minimum absolute atomic E-state index is 0.0756. The Kier molecular flexibility index (Phi) is 6.28. The normalized spacial score (nSPS) is 17.3. The van der Waals surface area contributed by atoms with Crippen molar-refractivity contribution in [3.63, 3.8) is 0 Å². The van der Waals surface area contributed by atoms with Crippen LogP contribution in [-0.4, -0.2) is 40.1 Å². The first-order valence-electron chi connectivity index (χ1n) is 10.4. The molecule has 0 radical (unpaired) electrons. The van der Waals surface area contributed by atoms with E-state index < -0.39 is 11.5 Å². The smallest absolute Gasteiger partial charge is 0.254 e. The first-order chi connectivity index (χ1) is 14.0. The largest absolute Gasteiger partial charge is 0.386 e. The van der Waals surface area contributed by atoms with Gasteiger partial charge in [0.1, 0.15) is 11.4 Å². The molecule has 3 rings (SSSR count). The number of nitrogens with zero attached hydrogens (tertiary/aromatic N) is 3. The Morgan fingerprint density at radius 3 is 2.67 bits per heavy atom. The third-order valence-corrected chi connectivity index (χ3v) is 5.37. The van der Waals surface area contributed by atoms with Gasteiger partial charge in [0.2, 0.25) is 5.95 Å². The lowest BCUT2D eigenvalue weighted by Crippen LogP contribution is -2.43. The van der Waals surface area contributed by atoms with E-state index in [0.29, 0.717) is 18.3 Å². The molecule has 8 heteroatoms. The van der Waals surface area contributed by atoms with Gasteiger partial charge in [-0.05, 0) is 55.9 Å². The van der Waals surface area contributed by atoms with Gasteiger partial charge in [0.15, 0.2) is 0 Å². The number of primary amides is 1. The molecule has 1 aliphatic heterocycles. The van der Waals surface area contributed by atoms with Crippen LogP contribution in [0.15, 0.2) is 24.4 Å². The molecular weight excluding hydrogens is 380 g/mol. The molecule has 1 aromatic carbocycles. The summed E-state index contributed by atoms with van der Waals surface area (Å²) < 4.78 is 0. The summed E-state index contributed by atoms with van der Waals surface area (Å²) in [6.45, 7) is 9.14. The Morgan fingerprint density at radius 2 is 2.07 bits per heavy atom. The minimum Gasteiger partial charge on any atom is -0.386 e. The number of aromatic nitrogens is 2. The Hall–Kier alpha value is -2.71. The predicted octanol–water partition coefficient (Wildman–Crippen LogP) is 2.60. The zero-order chi connectivity index (χ0) is 22.1. The third kappa shape index (κ3) is 5.06. The quantitative estimate of drug-likeness (QED) is 0.573. The van der Waals surface area contributed by atoms with Gasteiger partial charge < -0.3 is 26.8 Å². The van der Waals surface area contributed by atoms with Crippen molar-refractivity contribution in [3.05, 3.63) is 41.1 Å². The molecule has 0 bridgehead atoms. The molecule has 0 spiro atoms. The lowest BCUT2D eigenvalue weighted by Gasteiger charge is -2.31. The molecule has 30 heavy (non-hydrogen) atoms. The van der Waals surface area contributed by atoms with Crippen LogP contribution in [0.3, 0.4) is 0 Å². The Balaban J connectivity index is 2.01. The van der Waals surface area contributed by atoms with Gasteiger partial charge in [-0.15, -0.1) is 0 Å². The second kappa shape index (κ2) is 8.57. The highest BCUT2D eigenvalue weighted by Gasteiger charge is 2.22. The molecule has 2 heterocycles. The van der Waals surface area contributed by atoms with E-state index in [1.165, 1.54) is 6.20 Å². The molecule has 162 valence electrons. The van der Waals surface area contributed by atoms with Crippen molar-refractivity contribution in [1.82, 2.24) is 9.97 Å². The van der Waals surface area contributed by atoms with Gasteiger partial charge in [-0.2, -0.15) is 4.98 Å². The van der Waals surface area contributed by atoms with E-state index >= 15 is 0 Å². The van der Waals surface area contributed by atoms with Gasteiger partial charge in [-0.3, -0.25) is 4.79 Å². The molecule has 1 unspecified atom stereocenters. The van der Waals surface area contributed by atoms with Crippen LogP contribution in [0.2, 0.25) is 0 Å². The summed E-state index contributed by atoms with van der Waals surface area (Å²) >= 11 is 0. The summed E-state index contributed by atoms with van der Waals surface area (Å²) in [5.41, 5.74) is 13.4. The summed E-state index contributed by atoms with van der Waals surface area (Å²) in [4.78, 5) is 22.9. The maximum absolute atomic E-state index is 12.0. The summed E-state index contributed by atoms with van der Waals surface area (Å²) in [6.07, 6.45) is 3.40. The van der Waals surface area contributed by atoms with Crippen molar-refractivity contribution in [1.29, 1.82) is 0 Å². The molecule has 1 amide bonds. The van der Waals surface area contributed by atoms with Crippen molar-refractivity contribution >= 4 is 23.4 Å². The molecular formula is C22H32N6O2. The van der Waals surface area contributed by atoms with Gasteiger partial charge >= 0.3 is 0 Å². The maximum atomic E-state index is 12.0. The second-order valence-electron chi connectivity index (χ2n) is 8.83. The molecule has 1 saturated heterocycles. The van der Waals surface area contributed by atoms with Crippen molar-refractivity contribution < 1.29 is 9.90 Å². The standard InChI is InChI=1S/C22H32N6O2/c1-13(2)14-8-15(22(3,4)30)10-17(9-14)26-20-18(19(24)29)11-25-21(27-20)28-7-5-6-16(23)12-28/h8-11,13,16,30H,5-7,12,23H2,1-4H3,(H2,24,29)(H,25,26,27). The SMILES string of the molecule is CC(C)c1cc(Nc2nc(N3CCCC(N)C3)ncc2C(N)=O)cc(C(C)(C)O)c1. The molecule has 8 nitrogen and oxygen atoms in total. The van der Waals surface area contributed by atoms with E-state index in [0.717, 1.165) is 36.2 Å². The van der Waals surface area contributed by atoms with Crippen LogP contribution in [0.5, 0.6) is 0 Å². The highest BCUT2D eigenvalue weighted by molar-refractivity contribution is 5.98. The number of benzene rings is 1. The van der Waals surface area contributed by atoms with E-state index in [1.54, 1.807) is 13.8 Å². The predicted molar refractivity (Wildman–Crippen MR) is 119 cm³/mol. The van der Waals surface area contributed by atoms with Gasteiger partial charge in [0, 0.05) is 31.0 Å². The number of anilines is 3. The molecule has 1 aromatic heterocycles. The second-order valence-corrected chi connectivity index (χ2v) is 8.83. The van der Waals surface area contributed by atoms with Crippen LogP contribution >= 0.6 is 0 Å². The zero-order valence-corrected chi connectivity index (χ0v) is 18.1. The van der Waals surface area contributed by atoms with E-state index in [2.05, 4.69) is 29.1 Å². The number of amides is 1. The number of nitrogens with two attached hydrogens (primary N) is 2. The van der Waals surface area contributed by atoms with E-state index in [4.69, 9.17) is 11.5 Å². The van der Waals surface area contributed by atoms with Gasteiger partial charge in [0.05, 0.1) is 5.60 Å². The summed E-state index contributed by atoms with van der Waals surface area (Å²) in [5, 5.41) is 13.8. The van der Waals surface area contributed by atoms with E-state index in [9.17, 15) is 9.90 Å². The first-order valence-corrected chi connectivity index (χ1v) is 10.4. The fourth-order valence-electron chi connectivity index (χ4n) is 3.54. The van der Waals surface area contributed by atoms with Gasteiger partial charge in [0.25, 0.3) is 5.91 Å². The lowest BCUT2D eigenvalue weighted by atomic mass is 9.92. The van der Waals surface area contributed by atoms with Crippen molar-refractivity contribution in [2.24, 2.45) is 11.5 Å². The topological polar surface area (TPSA) is 130 Å². The molecule has 2 aromatic rings. The fourth-order valence-corrected chi connectivity index (χ4v) is 3.54. The van der Waals surface area contributed by atoms with Crippen molar-refractivity contribution in [3.8, 4) is 0 Å². The van der Waals surface area contributed by atoms with Gasteiger partial charge in [-0.1, -0.05) is 19.9 Å². The third-order valence-electron chi connectivity index (χ3n) is 5.37. The molecule has 1 fully saturated rings. The average molecular weight is 413 g/mol. The lowest BCUT2D eigenvalue weighted by molar-refractivity contribution is 0.0785. The van der Waals surface area contributed by atoms with Crippen LogP contribution < -0.4 is 21.7 Å². The van der Waals surface area contributed by atoms with Crippen molar-refractivity contribution in [2.75, 3.05) is 23.3 Å². The van der Waals surface area contributed by atoms with Crippen LogP contribution in [0.4, 0.5) is 17.5 Å². The maximum Gasteiger partial charge on any atom is 0.254 e. The number of aliphatic hydroxyl groups is 1. The number of hydrogen-bond donors (Lipinski definition) is 4. The summed E-state index contributed by atoms with van der Waals surface area (Å²) in [7, 11) is 0.